The number of piperidine rings is 2. The van der Waals surface area contributed by atoms with Crippen molar-refractivity contribution in [2.45, 2.75) is 38.1 Å². The van der Waals surface area contributed by atoms with Gasteiger partial charge >= 0.3 is 0 Å². The van der Waals surface area contributed by atoms with Crippen LogP contribution in [0.5, 0.6) is 5.75 Å². The molecule has 24 heavy (non-hydrogen) atoms. The standard InChI is InChI=1S/C19H25BrN2O2/c20-16-5-6-18(23)15(14-16)4-7-19(24)22-12-8-17(9-13-22)21-10-2-1-3-11-21/h4-7,14,17,23H,1-3,8-13H2/b7-4+. The van der Waals surface area contributed by atoms with E-state index in [0.29, 0.717) is 11.6 Å². The summed E-state index contributed by atoms with van der Waals surface area (Å²) in [6, 6.07) is 5.85. The topological polar surface area (TPSA) is 43.8 Å². The molecule has 2 aliphatic heterocycles. The highest BCUT2D eigenvalue weighted by Gasteiger charge is 2.26. The first-order valence-corrected chi connectivity index (χ1v) is 9.62. The molecule has 0 bridgehead atoms. The maximum absolute atomic E-state index is 12.4. The fraction of sp³-hybridized carbons (Fsp3) is 0.526. The molecule has 0 aromatic heterocycles. The number of benzene rings is 1. The number of phenols is 1. The highest BCUT2D eigenvalue weighted by molar-refractivity contribution is 9.10. The third kappa shape index (κ3) is 4.39. The van der Waals surface area contributed by atoms with E-state index in [0.717, 1.165) is 30.4 Å². The van der Waals surface area contributed by atoms with E-state index in [1.54, 1.807) is 24.3 Å². The Morgan fingerprint density at radius 3 is 2.54 bits per heavy atom. The van der Waals surface area contributed by atoms with Crippen LogP contribution in [0.2, 0.25) is 0 Å². The minimum atomic E-state index is 0.0338. The molecule has 2 fully saturated rings. The highest BCUT2D eigenvalue weighted by Crippen LogP contribution is 2.24. The van der Waals surface area contributed by atoms with Crippen LogP contribution < -0.4 is 0 Å². The molecule has 0 aliphatic carbocycles. The third-order valence-corrected chi connectivity index (χ3v) is 5.57. The van der Waals surface area contributed by atoms with Crippen molar-refractivity contribution in [3.63, 3.8) is 0 Å². The van der Waals surface area contributed by atoms with Crippen molar-refractivity contribution >= 4 is 27.9 Å². The maximum Gasteiger partial charge on any atom is 0.246 e. The summed E-state index contributed by atoms with van der Waals surface area (Å²) in [5.74, 6) is 0.220. The molecule has 1 aromatic carbocycles. The van der Waals surface area contributed by atoms with E-state index in [-0.39, 0.29) is 11.7 Å². The second-order valence-corrected chi connectivity index (χ2v) is 7.61. The Kier molecular flexibility index (Phi) is 5.95. The van der Waals surface area contributed by atoms with Crippen LogP contribution in [0.3, 0.4) is 0 Å². The lowest BCUT2D eigenvalue weighted by Gasteiger charge is -2.40. The summed E-state index contributed by atoms with van der Waals surface area (Å²) in [7, 11) is 0. The van der Waals surface area contributed by atoms with Crippen LogP contribution >= 0.6 is 15.9 Å². The second-order valence-electron chi connectivity index (χ2n) is 6.69. The lowest BCUT2D eigenvalue weighted by atomic mass is 10.00. The molecule has 4 nitrogen and oxygen atoms in total. The van der Waals surface area contributed by atoms with Crippen molar-refractivity contribution in [1.29, 1.82) is 0 Å². The predicted molar refractivity (Wildman–Crippen MR) is 99.9 cm³/mol. The average molecular weight is 393 g/mol. The zero-order valence-electron chi connectivity index (χ0n) is 14.0. The molecule has 0 radical (unpaired) electrons. The van der Waals surface area contributed by atoms with Gasteiger partial charge in [-0.2, -0.15) is 0 Å². The van der Waals surface area contributed by atoms with Crippen LogP contribution in [-0.2, 0) is 4.79 Å². The molecule has 1 N–H and O–H groups in total. The van der Waals surface area contributed by atoms with Crippen molar-refractivity contribution in [2.75, 3.05) is 26.2 Å². The number of rotatable bonds is 3. The van der Waals surface area contributed by atoms with E-state index in [1.165, 1.54) is 32.4 Å². The summed E-state index contributed by atoms with van der Waals surface area (Å²) in [6.45, 7) is 4.10. The number of hydrogen-bond acceptors (Lipinski definition) is 3. The van der Waals surface area contributed by atoms with Crippen molar-refractivity contribution in [3.05, 3.63) is 34.3 Å². The molecule has 0 saturated carbocycles. The number of hydrogen-bond donors (Lipinski definition) is 1. The van der Waals surface area contributed by atoms with Gasteiger partial charge in [0.1, 0.15) is 5.75 Å². The van der Waals surface area contributed by atoms with E-state index in [9.17, 15) is 9.90 Å². The van der Waals surface area contributed by atoms with Crippen LogP contribution in [0, 0.1) is 0 Å². The molecule has 130 valence electrons. The van der Waals surface area contributed by atoms with E-state index >= 15 is 0 Å². The van der Waals surface area contributed by atoms with Gasteiger partial charge in [0, 0.05) is 35.2 Å². The van der Waals surface area contributed by atoms with Crippen LogP contribution in [0.4, 0.5) is 0 Å². The SMILES string of the molecule is O=C(/C=C/c1cc(Br)ccc1O)N1CCC(N2CCCCC2)CC1. The summed E-state index contributed by atoms with van der Waals surface area (Å²) in [5.41, 5.74) is 0.654. The van der Waals surface area contributed by atoms with E-state index in [2.05, 4.69) is 20.8 Å². The number of carbonyl (C=O) groups excluding carboxylic acids is 1. The van der Waals surface area contributed by atoms with E-state index in [4.69, 9.17) is 0 Å². The van der Waals surface area contributed by atoms with Gasteiger partial charge in [-0.3, -0.25) is 4.79 Å². The molecule has 2 saturated heterocycles. The first-order chi connectivity index (χ1) is 11.6. The largest absolute Gasteiger partial charge is 0.507 e. The third-order valence-electron chi connectivity index (χ3n) is 5.08. The van der Waals surface area contributed by atoms with Crippen LogP contribution in [-0.4, -0.2) is 53.0 Å². The Balaban J connectivity index is 1.53. The minimum Gasteiger partial charge on any atom is -0.507 e. The Morgan fingerprint density at radius 2 is 1.83 bits per heavy atom. The number of aromatic hydroxyl groups is 1. The summed E-state index contributed by atoms with van der Waals surface area (Å²) >= 11 is 3.38. The molecule has 1 amide bonds. The molecule has 2 heterocycles. The van der Waals surface area contributed by atoms with Gasteiger partial charge in [0.15, 0.2) is 0 Å². The fourth-order valence-corrected chi connectivity index (χ4v) is 4.04. The van der Waals surface area contributed by atoms with Gasteiger partial charge in [-0.25, -0.2) is 0 Å². The number of amides is 1. The van der Waals surface area contributed by atoms with Gasteiger partial charge in [-0.15, -0.1) is 0 Å². The summed E-state index contributed by atoms with van der Waals surface area (Å²) < 4.78 is 0.884. The van der Waals surface area contributed by atoms with E-state index < -0.39 is 0 Å². The van der Waals surface area contributed by atoms with Crippen molar-refractivity contribution < 1.29 is 9.90 Å². The number of halogens is 1. The molecular formula is C19H25BrN2O2. The Hall–Kier alpha value is -1.33. The Bertz CT molecular complexity index is 603. The first-order valence-electron chi connectivity index (χ1n) is 8.83. The highest BCUT2D eigenvalue weighted by atomic mass is 79.9. The summed E-state index contributed by atoms with van der Waals surface area (Å²) in [6.07, 6.45) is 9.41. The molecule has 0 atom stereocenters. The maximum atomic E-state index is 12.4. The summed E-state index contributed by atoms with van der Waals surface area (Å²) in [5, 5.41) is 9.83. The van der Waals surface area contributed by atoms with Gasteiger partial charge in [0.25, 0.3) is 0 Å². The first kappa shape index (κ1) is 17.5. The van der Waals surface area contributed by atoms with Gasteiger partial charge in [0.05, 0.1) is 0 Å². The van der Waals surface area contributed by atoms with Crippen LogP contribution in [0.25, 0.3) is 6.08 Å². The summed E-state index contributed by atoms with van der Waals surface area (Å²) in [4.78, 5) is 16.9. The van der Waals surface area contributed by atoms with E-state index in [1.807, 2.05) is 11.0 Å². The van der Waals surface area contributed by atoms with Gasteiger partial charge in [-0.1, -0.05) is 22.4 Å². The number of nitrogens with zero attached hydrogens (tertiary/aromatic N) is 2. The van der Waals surface area contributed by atoms with Gasteiger partial charge < -0.3 is 14.9 Å². The lowest BCUT2D eigenvalue weighted by molar-refractivity contribution is -0.127. The average Bonchev–Trinajstić information content (AvgIpc) is 2.63. The number of phenolic OH excluding ortho intramolecular Hbond substituents is 1. The predicted octanol–water partition coefficient (Wildman–Crippen LogP) is 3.64. The monoisotopic (exact) mass is 392 g/mol. The molecule has 0 unspecified atom stereocenters. The number of carbonyl (C=O) groups is 1. The van der Waals surface area contributed by atoms with Gasteiger partial charge in [0.2, 0.25) is 5.91 Å². The van der Waals surface area contributed by atoms with Crippen molar-refractivity contribution in [1.82, 2.24) is 9.80 Å². The van der Waals surface area contributed by atoms with Crippen LogP contribution in [0.15, 0.2) is 28.7 Å². The van der Waals surface area contributed by atoms with Crippen molar-refractivity contribution in [3.8, 4) is 5.75 Å². The van der Waals surface area contributed by atoms with Crippen molar-refractivity contribution in [2.24, 2.45) is 0 Å². The molecule has 3 rings (SSSR count). The zero-order chi connectivity index (χ0) is 16.9. The lowest BCUT2D eigenvalue weighted by Crippen LogP contribution is -2.47. The molecule has 2 aliphatic rings. The normalized spacial score (nSPS) is 20.6. The quantitative estimate of drug-likeness (QED) is 0.798. The molecule has 0 spiro atoms. The molecular weight excluding hydrogens is 368 g/mol. The second kappa shape index (κ2) is 8.17. The molecule has 1 aromatic rings. The Labute approximate surface area is 152 Å². The van der Waals surface area contributed by atoms with Gasteiger partial charge in [-0.05, 0) is 63.0 Å². The zero-order valence-corrected chi connectivity index (χ0v) is 15.5. The fourth-order valence-electron chi connectivity index (χ4n) is 3.66. The number of likely N-dealkylation sites (tertiary alicyclic amines) is 2. The minimum absolute atomic E-state index is 0.0338. The Morgan fingerprint density at radius 1 is 1.12 bits per heavy atom. The van der Waals surface area contributed by atoms with Crippen LogP contribution in [0.1, 0.15) is 37.7 Å². The smallest absolute Gasteiger partial charge is 0.246 e. The molecule has 5 heteroatoms.